The molecule has 1 aromatic rings. The maximum Gasteiger partial charge on any atom is 0.251 e. The van der Waals surface area contributed by atoms with E-state index < -0.39 is 0 Å². The van der Waals surface area contributed by atoms with Crippen molar-refractivity contribution < 1.29 is 9.53 Å². The van der Waals surface area contributed by atoms with Crippen LogP contribution in [0.25, 0.3) is 0 Å². The molecule has 4 heteroatoms. The number of nitrogens with one attached hydrogen (secondary N) is 2. The van der Waals surface area contributed by atoms with Crippen LogP contribution in [0.2, 0.25) is 0 Å². The van der Waals surface area contributed by atoms with Gasteiger partial charge in [-0.15, -0.1) is 0 Å². The quantitative estimate of drug-likeness (QED) is 0.776. The normalized spacial score (nSPS) is 17.7. The Kier molecular flexibility index (Phi) is 6.72. The van der Waals surface area contributed by atoms with Crippen molar-refractivity contribution in [2.45, 2.75) is 33.1 Å². The second-order valence-electron chi connectivity index (χ2n) is 6.46. The topological polar surface area (TPSA) is 50.4 Å². The van der Waals surface area contributed by atoms with Crippen LogP contribution in [-0.4, -0.2) is 32.1 Å². The summed E-state index contributed by atoms with van der Waals surface area (Å²) in [6.45, 7) is 8.02. The monoisotopic (exact) mass is 304 g/mol. The highest BCUT2D eigenvalue weighted by Gasteiger charge is 2.14. The zero-order chi connectivity index (χ0) is 15.8. The molecule has 0 radical (unpaired) electrons. The number of carbonyl (C=O) groups is 1. The van der Waals surface area contributed by atoms with Gasteiger partial charge in [-0.25, -0.2) is 0 Å². The first-order chi connectivity index (χ1) is 10.6. The van der Waals surface area contributed by atoms with Crippen molar-refractivity contribution in [3.8, 4) is 5.75 Å². The van der Waals surface area contributed by atoms with E-state index in [1.54, 1.807) is 0 Å². The lowest BCUT2D eigenvalue weighted by atomic mass is 10.1. The largest absolute Gasteiger partial charge is 0.494 e. The van der Waals surface area contributed by atoms with Crippen molar-refractivity contribution in [3.63, 3.8) is 0 Å². The van der Waals surface area contributed by atoms with Crippen LogP contribution < -0.4 is 15.4 Å². The van der Waals surface area contributed by atoms with Gasteiger partial charge in [-0.05, 0) is 68.5 Å². The fraction of sp³-hybridized carbons (Fsp3) is 0.611. The molecular formula is C18H28N2O2. The highest BCUT2D eigenvalue weighted by Crippen LogP contribution is 2.14. The molecule has 4 nitrogen and oxygen atoms in total. The first-order valence-electron chi connectivity index (χ1n) is 8.37. The highest BCUT2D eigenvalue weighted by atomic mass is 16.5. The van der Waals surface area contributed by atoms with E-state index in [2.05, 4.69) is 24.5 Å². The van der Waals surface area contributed by atoms with Crippen LogP contribution in [0.5, 0.6) is 5.75 Å². The van der Waals surface area contributed by atoms with Gasteiger partial charge in [0, 0.05) is 12.1 Å². The molecule has 0 aliphatic carbocycles. The average molecular weight is 304 g/mol. The van der Waals surface area contributed by atoms with Crippen LogP contribution in [0, 0.1) is 11.8 Å². The van der Waals surface area contributed by atoms with E-state index in [9.17, 15) is 4.79 Å². The van der Waals surface area contributed by atoms with E-state index >= 15 is 0 Å². The lowest BCUT2D eigenvalue weighted by molar-refractivity contribution is 0.0951. The molecule has 0 bridgehead atoms. The summed E-state index contributed by atoms with van der Waals surface area (Å²) in [5.74, 6) is 2.17. The van der Waals surface area contributed by atoms with Gasteiger partial charge in [0.25, 0.3) is 5.91 Å². The van der Waals surface area contributed by atoms with Crippen molar-refractivity contribution >= 4 is 5.91 Å². The molecule has 22 heavy (non-hydrogen) atoms. The minimum Gasteiger partial charge on any atom is -0.494 e. The highest BCUT2D eigenvalue weighted by molar-refractivity contribution is 5.94. The zero-order valence-electron chi connectivity index (χ0n) is 13.7. The summed E-state index contributed by atoms with van der Waals surface area (Å²) >= 11 is 0. The molecule has 1 aliphatic rings. The number of ether oxygens (including phenoxy) is 1. The third-order valence-corrected chi connectivity index (χ3v) is 4.08. The lowest BCUT2D eigenvalue weighted by Crippen LogP contribution is -2.26. The summed E-state index contributed by atoms with van der Waals surface area (Å²) in [4.78, 5) is 12.1. The smallest absolute Gasteiger partial charge is 0.251 e. The number of benzene rings is 1. The molecule has 0 aromatic heterocycles. The van der Waals surface area contributed by atoms with Crippen LogP contribution in [0.4, 0.5) is 0 Å². The Hall–Kier alpha value is -1.55. The van der Waals surface area contributed by atoms with Crippen LogP contribution >= 0.6 is 0 Å². The van der Waals surface area contributed by atoms with Gasteiger partial charge in [-0.3, -0.25) is 4.79 Å². The minimum absolute atomic E-state index is 0.000290. The average Bonchev–Trinajstić information content (AvgIpc) is 3.01. The number of amides is 1. The maximum absolute atomic E-state index is 12.1. The second-order valence-corrected chi connectivity index (χ2v) is 6.46. The van der Waals surface area contributed by atoms with E-state index in [4.69, 9.17) is 4.74 Å². The molecule has 1 unspecified atom stereocenters. The van der Waals surface area contributed by atoms with Gasteiger partial charge in [-0.2, -0.15) is 0 Å². The first-order valence-corrected chi connectivity index (χ1v) is 8.37. The van der Waals surface area contributed by atoms with Crippen LogP contribution in [0.3, 0.4) is 0 Å². The van der Waals surface area contributed by atoms with Gasteiger partial charge in [-0.1, -0.05) is 13.8 Å². The Morgan fingerprint density at radius 1 is 1.36 bits per heavy atom. The molecule has 1 amide bonds. The number of hydrogen-bond acceptors (Lipinski definition) is 3. The second kappa shape index (κ2) is 8.79. The molecular weight excluding hydrogens is 276 g/mol. The van der Waals surface area contributed by atoms with Gasteiger partial charge in [0.2, 0.25) is 0 Å². The molecule has 1 fully saturated rings. The molecule has 0 spiro atoms. The van der Waals surface area contributed by atoms with Crippen molar-refractivity contribution in [1.29, 1.82) is 0 Å². The van der Waals surface area contributed by atoms with Crippen molar-refractivity contribution in [1.82, 2.24) is 10.6 Å². The summed E-state index contributed by atoms with van der Waals surface area (Å²) in [5.41, 5.74) is 0.695. The van der Waals surface area contributed by atoms with Gasteiger partial charge in [0.1, 0.15) is 5.75 Å². The van der Waals surface area contributed by atoms with E-state index in [0.29, 0.717) is 17.4 Å². The van der Waals surface area contributed by atoms with E-state index in [-0.39, 0.29) is 5.91 Å². The van der Waals surface area contributed by atoms with Crippen molar-refractivity contribution in [2.24, 2.45) is 11.8 Å². The summed E-state index contributed by atoms with van der Waals surface area (Å²) in [7, 11) is 0. The molecule has 2 rings (SSSR count). The van der Waals surface area contributed by atoms with Crippen LogP contribution in [-0.2, 0) is 0 Å². The maximum atomic E-state index is 12.1. The summed E-state index contributed by atoms with van der Waals surface area (Å²) in [6.07, 6.45) is 3.31. The van der Waals surface area contributed by atoms with Crippen LogP contribution in [0.1, 0.15) is 43.5 Å². The molecule has 1 saturated heterocycles. The fourth-order valence-electron chi connectivity index (χ4n) is 2.57. The van der Waals surface area contributed by atoms with Crippen molar-refractivity contribution in [3.05, 3.63) is 29.8 Å². The molecule has 1 aliphatic heterocycles. The summed E-state index contributed by atoms with van der Waals surface area (Å²) in [6, 6.07) is 7.40. The number of rotatable bonds is 8. The Morgan fingerprint density at radius 2 is 2.14 bits per heavy atom. The van der Waals surface area contributed by atoms with Crippen LogP contribution in [0.15, 0.2) is 24.3 Å². The molecule has 1 heterocycles. The van der Waals surface area contributed by atoms with Gasteiger partial charge < -0.3 is 15.4 Å². The first kappa shape index (κ1) is 16.8. The summed E-state index contributed by atoms with van der Waals surface area (Å²) < 4.78 is 5.66. The summed E-state index contributed by atoms with van der Waals surface area (Å²) in [5, 5.41) is 6.34. The number of carbonyl (C=O) groups excluding carboxylic acids is 1. The lowest BCUT2D eigenvalue weighted by Gasteiger charge is -2.10. The minimum atomic E-state index is -0.000290. The SMILES string of the molecule is CC(C)CCOc1ccc(C(=O)NCCC2CCNC2)cc1. The molecule has 1 aromatic carbocycles. The standard InChI is InChI=1S/C18H28N2O2/c1-14(2)9-12-22-17-5-3-16(4-6-17)18(21)20-11-8-15-7-10-19-13-15/h3-6,14-15,19H,7-13H2,1-2H3,(H,20,21). The van der Waals surface area contributed by atoms with Gasteiger partial charge >= 0.3 is 0 Å². The fourth-order valence-corrected chi connectivity index (χ4v) is 2.57. The predicted molar refractivity (Wildman–Crippen MR) is 89.3 cm³/mol. The molecule has 1 atom stereocenters. The third kappa shape index (κ3) is 5.68. The van der Waals surface area contributed by atoms with E-state index in [1.807, 2.05) is 24.3 Å². The predicted octanol–water partition coefficient (Wildman–Crippen LogP) is 2.84. The van der Waals surface area contributed by atoms with Gasteiger partial charge in [0.15, 0.2) is 0 Å². The zero-order valence-corrected chi connectivity index (χ0v) is 13.7. The molecule has 2 N–H and O–H groups in total. The Bertz CT molecular complexity index is 451. The van der Waals surface area contributed by atoms with Gasteiger partial charge in [0.05, 0.1) is 6.61 Å². The Morgan fingerprint density at radius 3 is 2.77 bits per heavy atom. The Balaban J connectivity index is 1.70. The number of hydrogen-bond donors (Lipinski definition) is 2. The van der Waals surface area contributed by atoms with Crippen molar-refractivity contribution in [2.75, 3.05) is 26.2 Å². The Labute approximate surface area is 133 Å². The third-order valence-electron chi connectivity index (χ3n) is 4.08. The van der Waals surface area contributed by atoms with E-state index in [1.165, 1.54) is 6.42 Å². The van der Waals surface area contributed by atoms with E-state index in [0.717, 1.165) is 44.8 Å². The molecule has 0 saturated carbocycles. The molecule has 122 valence electrons.